The minimum Gasteiger partial charge on any atom is -0.367 e. The summed E-state index contributed by atoms with van der Waals surface area (Å²) in [5.41, 5.74) is 7.47. The molecule has 1 aliphatic heterocycles. The van der Waals surface area contributed by atoms with E-state index >= 15 is 0 Å². The highest BCUT2D eigenvalue weighted by Gasteiger charge is 2.28. The van der Waals surface area contributed by atoms with Crippen molar-refractivity contribution in [3.8, 4) is 0 Å². The lowest BCUT2D eigenvalue weighted by atomic mass is 9.80. The van der Waals surface area contributed by atoms with Crippen molar-refractivity contribution in [1.82, 2.24) is 0 Å². The molecule has 2 aromatic carbocycles. The number of carbonyl (C=O) groups excluding carboxylic acids is 1. The largest absolute Gasteiger partial charge is 0.367 e. The van der Waals surface area contributed by atoms with Crippen LogP contribution in [-0.4, -0.2) is 12.5 Å². The molecule has 1 heterocycles. The number of amides is 1. The molecule has 0 atom stereocenters. The molecule has 0 radical (unpaired) electrons. The minimum absolute atomic E-state index is 0.0158. The minimum atomic E-state index is -0.0158. The molecule has 0 bridgehead atoms. The fourth-order valence-electron chi connectivity index (χ4n) is 4.36. The summed E-state index contributed by atoms with van der Waals surface area (Å²) in [5.74, 6) is 0.0851. The number of hydrogen-bond acceptors (Lipinski definition) is 2. The van der Waals surface area contributed by atoms with Crippen LogP contribution in [0.3, 0.4) is 0 Å². The van der Waals surface area contributed by atoms with Crippen LogP contribution in [0.25, 0.3) is 0 Å². The molecule has 0 saturated carbocycles. The quantitative estimate of drug-likeness (QED) is 0.658. The Morgan fingerprint density at radius 3 is 2.34 bits per heavy atom. The Kier molecular flexibility index (Phi) is 5.80. The first kappa shape index (κ1) is 21.4. The molecule has 3 nitrogen and oxygen atoms in total. The number of fused-ring (bicyclic) bond motifs is 1. The number of benzene rings is 2. The van der Waals surface area contributed by atoms with Crippen LogP contribution in [0.1, 0.15) is 69.7 Å². The Morgan fingerprint density at radius 1 is 1.10 bits per heavy atom. The smallest absolute Gasteiger partial charge is 0.224 e. The van der Waals surface area contributed by atoms with Crippen LogP contribution in [0, 0.1) is 19.3 Å². The molecule has 3 heteroatoms. The molecule has 0 spiro atoms. The van der Waals surface area contributed by atoms with Crippen molar-refractivity contribution in [1.29, 1.82) is 0 Å². The van der Waals surface area contributed by atoms with E-state index < -0.39 is 0 Å². The maximum Gasteiger partial charge on any atom is 0.224 e. The van der Waals surface area contributed by atoms with Crippen molar-refractivity contribution in [3.63, 3.8) is 0 Å². The Hall–Kier alpha value is -2.29. The summed E-state index contributed by atoms with van der Waals surface area (Å²) in [6, 6.07) is 13.3. The topological polar surface area (TPSA) is 32.3 Å². The molecular formula is C26H36N2O. The van der Waals surface area contributed by atoms with Gasteiger partial charge in [-0.05, 0) is 65.5 Å². The van der Waals surface area contributed by atoms with Crippen LogP contribution in [0.5, 0.6) is 0 Å². The Bertz CT molecular complexity index is 882. The van der Waals surface area contributed by atoms with E-state index in [1.165, 1.54) is 16.8 Å². The zero-order valence-corrected chi connectivity index (χ0v) is 19.1. The molecule has 0 fully saturated rings. The van der Waals surface area contributed by atoms with Gasteiger partial charge in [-0.25, -0.2) is 0 Å². The number of nitrogens with one attached hydrogen (secondary N) is 1. The molecule has 156 valence electrons. The lowest BCUT2D eigenvalue weighted by molar-refractivity contribution is -0.117. The molecule has 0 aliphatic carbocycles. The molecule has 0 saturated heterocycles. The van der Waals surface area contributed by atoms with Crippen molar-refractivity contribution in [3.05, 3.63) is 58.7 Å². The van der Waals surface area contributed by atoms with Crippen LogP contribution >= 0.6 is 0 Å². The monoisotopic (exact) mass is 392 g/mol. The van der Waals surface area contributed by atoms with Crippen LogP contribution in [0.15, 0.2) is 36.4 Å². The van der Waals surface area contributed by atoms with Gasteiger partial charge >= 0.3 is 0 Å². The summed E-state index contributed by atoms with van der Waals surface area (Å²) in [6.07, 6.45) is 1.64. The predicted molar refractivity (Wildman–Crippen MR) is 124 cm³/mol. The second-order valence-corrected chi connectivity index (χ2v) is 10.5. The van der Waals surface area contributed by atoms with E-state index in [4.69, 9.17) is 0 Å². The van der Waals surface area contributed by atoms with Gasteiger partial charge < -0.3 is 10.2 Å². The van der Waals surface area contributed by atoms with Gasteiger partial charge in [-0.1, -0.05) is 58.9 Å². The summed E-state index contributed by atoms with van der Waals surface area (Å²) < 4.78 is 0. The van der Waals surface area contributed by atoms with Crippen LogP contribution in [-0.2, 0) is 16.8 Å². The van der Waals surface area contributed by atoms with Gasteiger partial charge in [-0.3, -0.25) is 4.79 Å². The fourth-order valence-corrected chi connectivity index (χ4v) is 4.36. The van der Waals surface area contributed by atoms with E-state index in [0.717, 1.165) is 36.3 Å². The molecule has 3 rings (SSSR count). The van der Waals surface area contributed by atoms with E-state index in [9.17, 15) is 4.79 Å². The molecule has 2 aromatic rings. The van der Waals surface area contributed by atoms with Gasteiger partial charge in [-0.2, -0.15) is 0 Å². The average molecular weight is 393 g/mol. The zero-order valence-electron chi connectivity index (χ0n) is 19.1. The number of nitrogens with zero attached hydrogens (tertiary/aromatic N) is 1. The van der Waals surface area contributed by atoms with Crippen LogP contribution in [0.4, 0.5) is 11.4 Å². The van der Waals surface area contributed by atoms with Gasteiger partial charge in [0.1, 0.15) is 0 Å². The summed E-state index contributed by atoms with van der Waals surface area (Å²) in [5, 5.41) is 3.15. The molecule has 29 heavy (non-hydrogen) atoms. The van der Waals surface area contributed by atoms with E-state index in [-0.39, 0.29) is 16.7 Å². The van der Waals surface area contributed by atoms with Gasteiger partial charge in [0.25, 0.3) is 0 Å². The Balaban J connectivity index is 1.86. The third-order valence-electron chi connectivity index (χ3n) is 5.95. The third kappa shape index (κ3) is 5.01. The Morgan fingerprint density at radius 2 is 1.72 bits per heavy atom. The van der Waals surface area contributed by atoms with E-state index in [1.54, 1.807) is 0 Å². The van der Waals surface area contributed by atoms with Gasteiger partial charge in [-0.15, -0.1) is 0 Å². The number of carbonyl (C=O) groups is 1. The number of rotatable bonds is 3. The van der Waals surface area contributed by atoms with Crippen LogP contribution in [0.2, 0.25) is 0 Å². The van der Waals surface area contributed by atoms with Crippen molar-refractivity contribution in [2.45, 2.75) is 73.3 Å². The second kappa shape index (κ2) is 7.85. The molecule has 0 aromatic heterocycles. The number of hydrogen-bond donors (Lipinski definition) is 1. The summed E-state index contributed by atoms with van der Waals surface area (Å²) in [7, 11) is 0. The van der Waals surface area contributed by atoms with E-state index in [1.807, 2.05) is 0 Å². The summed E-state index contributed by atoms with van der Waals surface area (Å²) >= 11 is 0. The van der Waals surface area contributed by atoms with Crippen molar-refractivity contribution < 1.29 is 4.79 Å². The molecule has 1 aliphatic rings. The van der Waals surface area contributed by atoms with Crippen molar-refractivity contribution in [2.75, 3.05) is 16.8 Å². The normalized spacial score (nSPS) is 16.2. The first-order valence-corrected chi connectivity index (χ1v) is 10.7. The van der Waals surface area contributed by atoms with Gasteiger partial charge in [0, 0.05) is 30.9 Å². The molecule has 1 N–H and O–H groups in total. The van der Waals surface area contributed by atoms with Crippen molar-refractivity contribution >= 4 is 17.3 Å². The lowest BCUT2D eigenvalue weighted by Crippen LogP contribution is -2.25. The van der Waals surface area contributed by atoms with Crippen molar-refractivity contribution in [2.24, 2.45) is 5.41 Å². The predicted octanol–water partition coefficient (Wildman–Crippen LogP) is 6.37. The zero-order chi connectivity index (χ0) is 21.4. The lowest BCUT2D eigenvalue weighted by Gasteiger charge is -2.27. The third-order valence-corrected chi connectivity index (χ3v) is 5.95. The summed E-state index contributed by atoms with van der Waals surface area (Å²) in [4.78, 5) is 14.9. The molecular weight excluding hydrogens is 356 g/mol. The van der Waals surface area contributed by atoms with E-state index in [0.29, 0.717) is 6.42 Å². The molecule has 0 unspecified atom stereocenters. The van der Waals surface area contributed by atoms with Gasteiger partial charge in [0.2, 0.25) is 5.91 Å². The first-order valence-electron chi connectivity index (χ1n) is 10.7. The fraction of sp³-hybridized carbons (Fsp3) is 0.500. The maximum absolute atomic E-state index is 12.5. The highest BCUT2D eigenvalue weighted by molar-refractivity contribution is 5.93. The first-order chi connectivity index (χ1) is 13.5. The molecule has 1 amide bonds. The maximum atomic E-state index is 12.5. The van der Waals surface area contributed by atoms with Gasteiger partial charge in [0.15, 0.2) is 0 Å². The van der Waals surface area contributed by atoms with E-state index in [2.05, 4.69) is 95.1 Å². The highest BCUT2D eigenvalue weighted by Crippen LogP contribution is 2.36. The Labute approximate surface area is 176 Å². The SMILES string of the molecule is Cc1cc(N2CCC(C)(C)c3ccccc3C2)cc(C)c1NC(=O)CC(C)(C)C. The van der Waals surface area contributed by atoms with Gasteiger partial charge in [0.05, 0.1) is 0 Å². The standard InChI is InChI=1S/C26H36N2O/c1-18-14-21(15-19(2)24(18)27-23(29)16-25(3,4)5)28-13-12-26(6,7)22-11-9-8-10-20(22)17-28/h8-11,14-15H,12-13,16-17H2,1-7H3,(H,27,29). The van der Waals surface area contributed by atoms with Crippen LogP contribution < -0.4 is 10.2 Å². The number of anilines is 2. The highest BCUT2D eigenvalue weighted by atomic mass is 16.1. The summed E-state index contributed by atoms with van der Waals surface area (Å²) in [6.45, 7) is 17.1. The average Bonchev–Trinajstić information content (AvgIpc) is 2.73. The second-order valence-electron chi connectivity index (χ2n) is 10.5. The number of aryl methyl sites for hydroxylation is 2.